The number of aromatic nitrogens is 2. The van der Waals surface area contributed by atoms with Crippen LogP contribution in [0, 0.1) is 0 Å². The molecule has 0 bridgehead atoms. The molecule has 9 aromatic rings. The van der Waals surface area contributed by atoms with Crippen LogP contribution in [0.3, 0.4) is 0 Å². The molecule has 0 aliphatic carbocycles. The molecule has 2 N–H and O–H groups in total. The van der Waals surface area contributed by atoms with E-state index in [0.29, 0.717) is 56.8 Å². The molecule has 11 rings (SSSR count). The first-order chi connectivity index (χ1) is 38.8. The SMILES string of the molecule is COc1cc2[nH]cc(C3=C(c4cn(C5OC(COCc6ccccc6)C(OCc6ccccc6)C(OCc6ccccc6)C5OCc5ccccc5)c5ccc(OCc6ccccc6)cc45)C(=O)N(B(C)O)C3=O)c2cc1OC. The Morgan fingerprint density at radius 2 is 1.05 bits per heavy atom. The Labute approximate surface area is 458 Å². The second-order valence-corrected chi connectivity index (χ2v) is 19.6. The number of nitrogens with zero attached hydrogens (tertiary/aromatic N) is 2. The third-order valence-corrected chi connectivity index (χ3v) is 14.4. The summed E-state index contributed by atoms with van der Waals surface area (Å²) in [6.45, 7) is 2.71. The number of carbonyl (C=O) groups is 2. The van der Waals surface area contributed by atoms with Gasteiger partial charge in [0.2, 0.25) is 0 Å². The summed E-state index contributed by atoms with van der Waals surface area (Å²) in [7, 11) is 1.60. The normalized spacial score (nSPS) is 18.4. The van der Waals surface area contributed by atoms with E-state index in [-0.39, 0.29) is 44.2 Å². The number of ether oxygens (including phenoxy) is 8. The third-order valence-electron chi connectivity index (χ3n) is 14.4. The van der Waals surface area contributed by atoms with Crippen molar-refractivity contribution in [3.63, 3.8) is 0 Å². The highest BCUT2D eigenvalue weighted by Gasteiger charge is 2.51. The van der Waals surface area contributed by atoms with Crippen LogP contribution in [-0.2, 0) is 66.3 Å². The van der Waals surface area contributed by atoms with Crippen molar-refractivity contribution in [3.8, 4) is 17.2 Å². The molecule has 79 heavy (non-hydrogen) atoms. The Hall–Kier alpha value is -8.28. The van der Waals surface area contributed by atoms with Crippen LogP contribution in [0.25, 0.3) is 33.0 Å². The maximum absolute atomic E-state index is 15.2. The molecule has 2 aliphatic rings. The molecular weight excluding hydrogens is 998 g/mol. The average Bonchev–Trinajstić information content (AvgIpc) is 4.22. The van der Waals surface area contributed by atoms with Gasteiger partial charge in [0.25, 0.3) is 11.8 Å². The molecular formula is C64H60BN3O11. The molecule has 0 saturated carbocycles. The summed E-state index contributed by atoms with van der Waals surface area (Å²) in [5, 5.41) is 12.4. The zero-order chi connectivity index (χ0) is 54.2. The van der Waals surface area contributed by atoms with Gasteiger partial charge in [-0.05, 0) is 58.9 Å². The van der Waals surface area contributed by atoms with Gasteiger partial charge in [-0.15, -0.1) is 0 Å². The minimum Gasteiger partial charge on any atom is -0.493 e. The lowest BCUT2D eigenvalue weighted by Gasteiger charge is -2.46. The maximum Gasteiger partial charge on any atom is 0.419 e. The lowest BCUT2D eigenvalue weighted by atomic mass is 9.85. The van der Waals surface area contributed by atoms with E-state index in [4.69, 9.17) is 37.9 Å². The molecule has 0 spiro atoms. The standard InChI is InChI=1S/C64H60BN3O11/c1-65(71)68-62(69)57(50-34-66-52-33-55(73-3)54(72-2)32-48(50)52)58(63(68)70)51-35-67(53-30-29-47(31-49(51)53)75-37-43-21-11-5-12-22-43)64-61(78-40-46-27-17-8-18-28-46)60(77-39-45-25-15-7-16-26-45)59(76-38-44-23-13-6-14-24-44)56(79-64)41-74-36-42-19-9-4-10-20-42/h4-35,56,59-61,64,66,71H,36-41H2,1-3H3. The van der Waals surface area contributed by atoms with E-state index in [1.54, 1.807) is 25.4 Å². The van der Waals surface area contributed by atoms with Gasteiger partial charge in [-0.25, -0.2) is 0 Å². The van der Waals surface area contributed by atoms with Gasteiger partial charge in [0.05, 0.1) is 63.9 Å². The second kappa shape index (κ2) is 24.2. The lowest BCUT2D eigenvalue weighted by molar-refractivity contribution is -0.289. The number of rotatable bonds is 22. The number of carbonyl (C=O) groups excluding carboxylic acids is 2. The van der Waals surface area contributed by atoms with Gasteiger partial charge in [-0.3, -0.25) is 14.4 Å². The van der Waals surface area contributed by atoms with Crippen LogP contribution < -0.4 is 14.2 Å². The maximum atomic E-state index is 15.2. The van der Waals surface area contributed by atoms with Crippen LogP contribution in [-0.4, -0.2) is 83.5 Å². The zero-order valence-corrected chi connectivity index (χ0v) is 44.1. The highest BCUT2D eigenvalue weighted by Crippen LogP contribution is 2.46. The van der Waals surface area contributed by atoms with Gasteiger partial charge in [0, 0.05) is 45.9 Å². The van der Waals surface area contributed by atoms with Gasteiger partial charge in [0.1, 0.15) is 36.8 Å². The van der Waals surface area contributed by atoms with E-state index >= 15 is 4.79 Å². The number of fused-ring (bicyclic) bond motifs is 2. The van der Waals surface area contributed by atoms with Crippen molar-refractivity contribution < 1.29 is 52.5 Å². The second-order valence-electron chi connectivity index (χ2n) is 19.6. The van der Waals surface area contributed by atoms with Crippen LogP contribution in [0.1, 0.15) is 45.2 Å². The smallest absolute Gasteiger partial charge is 0.419 e. The molecule has 400 valence electrons. The highest BCUT2D eigenvalue weighted by molar-refractivity contribution is 6.65. The first kappa shape index (κ1) is 52.8. The number of methoxy groups -OCH3 is 2. The molecule has 14 nitrogen and oxygen atoms in total. The number of hydrogen-bond acceptors (Lipinski definition) is 11. The average molecular weight is 1060 g/mol. The summed E-state index contributed by atoms with van der Waals surface area (Å²) in [5.41, 5.74) is 6.99. The van der Waals surface area contributed by atoms with Gasteiger partial charge < -0.3 is 52.5 Å². The first-order valence-corrected chi connectivity index (χ1v) is 26.4. The highest BCUT2D eigenvalue weighted by atomic mass is 16.6. The molecule has 4 heterocycles. The van der Waals surface area contributed by atoms with Gasteiger partial charge >= 0.3 is 7.05 Å². The van der Waals surface area contributed by atoms with Crippen LogP contribution in [0.4, 0.5) is 0 Å². The van der Waals surface area contributed by atoms with E-state index in [1.807, 2.05) is 181 Å². The van der Waals surface area contributed by atoms with Crippen molar-refractivity contribution in [2.45, 2.75) is 70.5 Å². The number of aromatic amines is 1. The quantitative estimate of drug-likeness (QED) is 0.0493. The minimum atomic E-state index is -1.48. The predicted octanol–water partition coefficient (Wildman–Crippen LogP) is 11.0. The van der Waals surface area contributed by atoms with Gasteiger partial charge in [0.15, 0.2) is 17.7 Å². The summed E-state index contributed by atoms with van der Waals surface area (Å²) >= 11 is 0. The molecule has 15 heteroatoms. The fourth-order valence-electron chi connectivity index (χ4n) is 10.5. The molecule has 5 atom stereocenters. The molecule has 2 aliphatic heterocycles. The number of hydrogen-bond donors (Lipinski definition) is 2. The van der Waals surface area contributed by atoms with E-state index in [2.05, 4.69) is 4.98 Å². The molecule has 2 amide bonds. The van der Waals surface area contributed by atoms with Crippen molar-refractivity contribution in [2.75, 3.05) is 20.8 Å². The monoisotopic (exact) mass is 1060 g/mol. The summed E-state index contributed by atoms with van der Waals surface area (Å²) in [5.74, 6) is 0.0446. The molecule has 2 aromatic heterocycles. The number of benzene rings is 7. The zero-order valence-electron chi connectivity index (χ0n) is 44.1. The van der Waals surface area contributed by atoms with E-state index < -0.39 is 49.5 Å². The number of imide groups is 1. The largest absolute Gasteiger partial charge is 0.493 e. The number of nitrogens with one attached hydrogen (secondary N) is 1. The lowest BCUT2D eigenvalue weighted by Crippen LogP contribution is -2.59. The van der Waals surface area contributed by atoms with Crippen molar-refractivity contribution in [2.24, 2.45) is 0 Å². The van der Waals surface area contributed by atoms with E-state index in [1.165, 1.54) is 13.9 Å². The van der Waals surface area contributed by atoms with Crippen LogP contribution in [0.15, 0.2) is 194 Å². The fourth-order valence-corrected chi connectivity index (χ4v) is 10.5. The Kier molecular flexibility index (Phi) is 16.1. The van der Waals surface area contributed by atoms with Crippen LogP contribution in [0.2, 0.25) is 6.82 Å². The first-order valence-electron chi connectivity index (χ1n) is 26.4. The minimum absolute atomic E-state index is 0.0619. The Balaban J connectivity index is 1.11. The van der Waals surface area contributed by atoms with E-state index in [0.717, 1.165) is 32.6 Å². The summed E-state index contributed by atoms with van der Waals surface area (Å²) in [4.78, 5) is 34.4. The van der Waals surface area contributed by atoms with Crippen molar-refractivity contribution in [1.82, 2.24) is 14.4 Å². The van der Waals surface area contributed by atoms with Crippen LogP contribution in [0.5, 0.6) is 17.2 Å². The van der Waals surface area contributed by atoms with Crippen molar-refractivity contribution in [3.05, 3.63) is 233 Å². The summed E-state index contributed by atoms with van der Waals surface area (Å²) in [6.07, 6.45) is -0.625. The Morgan fingerprint density at radius 3 is 1.59 bits per heavy atom. The van der Waals surface area contributed by atoms with Crippen molar-refractivity contribution >= 4 is 51.8 Å². The Morgan fingerprint density at radius 1 is 0.557 bits per heavy atom. The van der Waals surface area contributed by atoms with Crippen molar-refractivity contribution in [1.29, 1.82) is 0 Å². The van der Waals surface area contributed by atoms with E-state index in [9.17, 15) is 9.82 Å². The number of amides is 2. The predicted molar refractivity (Wildman–Crippen MR) is 302 cm³/mol. The fraction of sp³-hybridized carbons (Fsp3) is 0.219. The molecule has 1 fully saturated rings. The van der Waals surface area contributed by atoms with Crippen LogP contribution >= 0.6 is 0 Å². The molecule has 7 aromatic carbocycles. The number of H-pyrrole nitrogens is 1. The molecule has 0 radical (unpaired) electrons. The summed E-state index contributed by atoms with van der Waals surface area (Å²) in [6, 6.07) is 58.8. The Bertz CT molecular complexity index is 3560. The topological polar surface area (TPSA) is 152 Å². The molecule has 5 unspecified atom stereocenters. The molecule has 1 saturated heterocycles. The third kappa shape index (κ3) is 11.4. The summed E-state index contributed by atoms with van der Waals surface area (Å²) < 4.78 is 55.2. The van der Waals surface area contributed by atoms with Gasteiger partial charge in [-0.2, -0.15) is 0 Å². The van der Waals surface area contributed by atoms with Gasteiger partial charge in [-0.1, -0.05) is 152 Å².